The van der Waals surface area contributed by atoms with Gasteiger partial charge in [-0.05, 0) is 5.56 Å². The van der Waals surface area contributed by atoms with E-state index in [0.717, 1.165) is 6.20 Å². The molecule has 4 nitrogen and oxygen atoms in total. The summed E-state index contributed by atoms with van der Waals surface area (Å²) in [7, 11) is 0. The minimum absolute atomic E-state index is 0.0266. The molecule has 1 heterocycles. The molecular formula is C9H9BrF2N2O2. The summed E-state index contributed by atoms with van der Waals surface area (Å²) in [5, 5.41) is 8.77. The van der Waals surface area contributed by atoms with Gasteiger partial charge in [0, 0.05) is 22.7 Å². The number of carboxylic acid groups (broad SMARTS) is 1. The fraction of sp³-hybridized carbons (Fsp3) is 0.333. The summed E-state index contributed by atoms with van der Waals surface area (Å²) >= 11 is 3.04. The van der Waals surface area contributed by atoms with Crippen molar-refractivity contribution in [2.75, 3.05) is 5.73 Å². The van der Waals surface area contributed by atoms with E-state index in [-0.39, 0.29) is 27.8 Å². The largest absolute Gasteiger partial charge is 0.481 e. The van der Waals surface area contributed by atoms with Gasteiger partial charge in [-0.2, -0.15) is 0 Å². The second kappa shape index (κ2) is 5.20. The molecule has 16 heavy (non-hydrogen) atoms. The Morgan fingerprint density at radius 1 is 1.56 bits per heavy atom. The zero-order valence-electron chi connectivity index (χ0n) is 8.08. The predicted octanol–water partition coefficient (Wildman–Crippen LogP) is 2.12. The molecule has 0 fully saturated rings. The Morgan fingerprint density at radius 3 is 2.62 bits per heavy atom. The number of nitrogen functional groups attached to an aromatic ring is 1. The topological polar surface area (TPSA) is 76.2 Å². The summed E-state index contributed by atoms with van der Waals surface area (Å²) in [6.07, 6.45) is -2.14. The van der Waals surface area contributed by atoms with E-state index in [4.69, 9.17) is 10.8 Å². The molecule has 0 aliphatic carbocycles. The van der Waals surface area contributed by atoms with E-state index in [9.17, 15) is 13.6 Å². The standard InChI is InChI=1S/C9H9BrF2N2O2/c10-2-5-4(1-7(15)16)9(13)14-3-6(5)8(11)12/h3,8H,1-2H2,(H2,13,14)(H,15,16). The van der Waals surface area contributed by atoms with Crippen molar-refractivity contribution >= 4 is 27.7 Å². The fourth-order valence-electron chi connectivity index (χ4n) is 1.32. The maximum Gasteiger partial charge on any atom is 0.307 e. The van der Waals surface area contributed by atoms with Crippen molar-refractivity contribution in [1.82, 2.24) is 4.98 Å². The van der Waals surface area contributed by atoms with Crippen LogP contribution in [-0.4, -0.2) is 16.1 Å². The highest BCUT2D eigenvalue weighted by molar-refractivity contribution is 9.08. The van der Waals surface area contributed by atoms with Crippen LogP contribution < -0.4 is 5.73 Å². The number of nitrogens with two attached hydrogens (primary N) is 1. The third kappa shape index (κ3) is 2.66. The number of aliphatic carboxylic acids is 1. The van der Waals surface area contributed by atoms with Gasteiger partial charge in [0.25, 0.3) is 6.43 Å². The van der Waals surface area contributed by atoms with Crippen LogP contribution in [0.3, 0.4) is 0 Å². The Bertz CT molecular complexity index is 413. The summed E-state index contributed by atoms with van der Waals surface area (Å²) in [5.74, 6) is -1.16. The van der Waals surface area contributed by atoms with Gasteiger partial charge in [-0.15, -0.1) is 0 Å². The molecule has 1 aromatic rings. The number of hydrogen-bond donors (Lipinski definition) is 2. The molecule has 0 amide bonds. The monoisotopic (exact) mass is 294 g/mol. The van der Waals surface area contributed by atoms with Gasteiger partial charge in [0.2, 0.25) is 0 Å². The summed E-state index contributed by atoms with van der Waals surface area (Å²) in [6, 6.07) is 0. The first kappa shape index (κ1) is 12.8. The quantitative estimate of drug-likeness (QED) is 0.834. The lowest BCUT2D eigenvalue weighted by atomic mass is 10.0. The molecule has 88 valence electrons. The van der Waals surface area contributed by atoms with Crippen molar-refractivity contribution in [3.8, 4) is 0 Å². The van der Waals surface area contributed by atoms with E-state index >= 15 is 0 Å². The first-order valence-electron chi connectivity index (χ1n) is 4.29. The molecule has 0 saturated heterocycles. The fourth-order valence-corrected chi connectivity index (χ4v) is 1.98. The number of carboxylic acids is 1. The van der Waals surface area contributed by atoms with Crippen molar-refractivity contribution in [2.24, 2.45) is 0 Å². The molecule has 0 atom stereocenters. The number of rotatable bonds is 4. The van der Waals surface area contributed by atoms with Crippen LogP contribution in [0, 0.1) is 0 Å². The van der Waals surface area contributed by atoms with Gasteiger partial charge >= 0.3 is 5.97 Å². The highest BCUT2D eigenvalue weighted by Gasteiger charge is 2.19. The first-order chi connectivity index (χ1) is 7.47. The van der Waals surface area contributed by atoms with Crippen LogP contribution in [0.2, 0.25) is 0 Å². The van der Waals surface area contributed by atoms with Crippen LogP contribution in [0.1, 0.15) is 23.1 Å². The van der Waals surface area contributed by atoms with Crippen molar-refractivity contribution in [2.45, 2.75) is 18.2 Å². The molecule has 0 aromatic carbocycles. The lowest BCUT2D eigenvalue weighted by Gasteiger charge is -2.12. The lowest BCUT2D eigenvalue weighted by Crippen LogP contribution is -2.10. The van der Waals surface area contributed by atoms with Crippen LogP contribution in [0.4, 0.5) is 14.6 Å². The van der Waals surface area contributed by atoms with Crippen LogP contribution in [-0.2, 0) is 16.5 Å². The molecule has 1 rings (SSSR count). The van der Waals surface area contributed by atoms with Gasteiger partial charge in [0.1, 0.15) is 5.82 Å². The molecule has 0 unspecified atom stereocenters. The molecule has 3 N–H and O–H groups in total. The van der Waals surface area contributed by atoms with Crippen LogP contribution in [0.25, 0.3) is 0 Å². The van der Waals surface area contributed by atoms with E-state index in [0.29, 0.717) is 0 Å². The Hall–Kier alpha value is -1.24. The molecule has 0 aliphatic rings. The highest BCUT2D eigenvalue weighted by Crippen LogP contribution is 2.29. The third-order valence-corrected chi connectivity index (χ3v) is 2.62. The predicted molar refractivity (Wildman–Crippen MR) is 57.6 cm³/mol. The molecule has 7 heteroatoms. The number of halogens is 3. The van der Waals surface area contributed by atoms with Crippen molar-refractivity contribution in [1.29, 1.82) is 0 Å². The molecule has 0 bridgehead atoms. The maximum atomic E-state index is 12.6. The summed E-state index contributed by atoms with van der Waals surface area (Å²) < 4.78 is 25.2. The van der Waals surface area contributed by atoms with Crippen LogP contribution >= 0.6 is 15.9 Å². The highest BCUT2D eigenvalue weighted by atomic mass is 79.9. The average molecular weight is 295 g/mol. The smallest absolute Gasteiger partial charge is 0.307 e. The van der Waals surface area contributed by atoms with Gasteiger partial charge in [0.05, 0.1) is 6.42 Å². The molecule has 0 aliphatic heterocycles. The molecule has 0 radical (unpaired) electrons. The minimum atomic E-state index is -2.70. The third-order valence-electron chi connectivity index (χ3n) is 2.06. The molecular weight excluding hydrogens is 286 g/mol. The summed E-state index contributed by atoms with van der Waals surface area (Å²) in [4.78, 5) is 14.2. The van der Waals surface area contributed by atoms with E-state index in [1.165, 1.54) is 0 Å². The van der Waals surface area contributed by atoms with Gasteiger partial charge in [-0.25, -0.2) is 13.8 Å². The van der Waals surface area contributed by atoms with Crippen LogP contribution in [0.5, 0.6) is 0 Å². The SMILES string of the molecule is Nc1ncc(C(F)F)c(CBr)c1CC(=O)O. The van der Waals surface area contributed by atoms with Crippen molar-refractivity contribution < 1.29 is 18.7 Å². The maximum absolute atomic E-state index is 12.6. The molecule has 0 spiro atoms. The Kier molecular flexibility index (Phi) is 4.17. The Labute approximate surface area is 98.6 Å². The molecule has 1 aromatic heterocycles. The lowest BCUT2D eigenvalue weighted by molar-refractivity contribution is -0.136. The van der Waals surface area contributed by atoms with E-state index < -0.39 is 18.8 Å². The number of anilines is 1. The normalized spacial score (nSPS) is 10.8. The van der Waals surface area contributed by atoms with Gasteiger partial charge in [-0.3, -0.25) is 4.79 Å². The van der Waals surface area contributed by atoms with Gasteiger partial charge < -0.3 is 10.8 Å². The van der Waals surface area contributed by atoms with Crippen molar-refractivity contribution in [3.05, 3.63) is 22.9 Å². The number of aromatic nitrogens is 1. The average Bonchev–Trinajstić information content (AvgIpc) is 2.19. The number of nitrogens with zero attached hydrogens (tertiary/aromatic N) is 1. The van der Waals surface area contributed by atoms with Gasteiger partial charge in [-0.1, -0.05) is 15.9 Å². The summed E-state index contributed by atoms with van der Waals surface area (Å²) in [5.41, 5.74) is 5.52. The van der Waals surface area contributed by atoms with Crippen LogP contribution in [0.15, 0.2) is 6.20 Å². The zero-order valence-corrected chi connectivity index (χ0v) is 9.67. The van der Waals surface area contributed by atoms with E-state index in [1.54, 1.807) is 0 Å². The van der Waals surface area contributed by atoms with Crippen molar-refractivity contribution in [3.63, 3.8) is 0 Å². The Balaban J connectivity index is 3.32. The number of carbonyl (C=O) groups is 1. The van der Waals surface area contributed by atoms with E-state index in [2.05, 4.69) is 20.9 Å². The second-order valence-electron chi connectivity index (χ2n) is 3.06. The van der Waals surface area contributed by atoms with E-state index in [1.807, 2.05) is 0 Å². The zero-order chi connectivity index (χ0) is 12.3. The Morgan fingerprint density at radius 2 is 2.19 bits per heavy atom. The summed E-state index contributed by atoms with van der Waals surface area (Å²) in [6.45, 7) is 0. The first-order valence-corrected chi connectivity index (χ1v) is 5.41. The minimum Gasteiger partial charge on any atom is -0.481 e. The number of alkyl halides is 3. The number of hydrogen-bond acceptors (Lipinski definition) is 3. The number of pyridine rings is 1. The molecule has 0 saturated carbocycles. The van der Waals surface area contributed by atoms with Gasteiger partial charge in [0.15, 0.2) is 0 Å². The second-order valence-corrected chi connectivity index (χ2v) is 3.62.